The van der Waals surface area contributed by atoms with E-state index in [0.29, 0.717) is 0 Å². The standard InChI is InChI=1S/C12H18FN3O3S/c1-12(2,3)7-20(18,19)16-8-4-5-10(13)9(6-8)11(14)15-17/h4-6,16-17H,7H2,1-3H3,(H2,14,15). The number of nitrogens with one attached hydrogen (secondary N) is 1. The van der Waals surface area contributed by atoms with Crippen molar-refractivity contribution in [1.82, 2.24) is 0 Å². The van der Waals surface area contributed by atoms with E-state index in [1.54, 1.807) is 20.8 Å². The number of amidine groups is 1. The second-order valence-electron chi connectivity index (χ2n) is 5.60. The van der Waals surface area contributed by atoms with Crippen molar-refractivity contribution in [2.75, 3.05) is 10.5 Å². The predicted octanol–water partition coefficient (Wildman–Crippen LogP) is 1.71. The van der Waals surface area contributed by atoms with Gasteiger partial charge < -0.3 is 10.9 Å². The van der Waals surface area contributed by atoms with E-state index in [-0.39, 0.29) is 17.0 Å². The summed E-state index contributed by atoms with van der Waals surface area (Å²) in [7, 11) is -3.57. The molecule has 112 valence electrons. The van der Waals surface area contributed by atoms with Gasteiger partial charge in [0.1, 0.15) is 5.82 Å². The molecule has 0 amide bonds. The van der Waals surface area contributed by atoms with Crippen LogP contribution in [0.1, 0.15) is 26.3 Å². The molecule has 0 saturated carbocycles. The average Bonchev–Trinajstić information content (AvgIpc) is 2.27. The van der Waals surface area contributed by atoms with Crippen molar-refractivity contribution in [3.05, 3.63) is 29.6 Å². The maximum atomic E-state index is 13.5. The highest BCUT2D eigenvalue weighted by Gasteiger charge is 2.22. The van der Waals surface area contributed by atoms with Crippen LogP contribution in [-0.2, 0) is 10.0 Å². The summed E-state index contributed by atoms with van der Waals surface area (Å²) in [5.74, 6) is -1.23. The Bertz CT molecular complexity index is 621. The maximum Gasteiger partial charge on any atom is 0.233 e. The molecule has 4 N–H and O–H groups in total. The van der Waals surface area contributed by atoms with Gasteiger partial charge in [0.25, 0.3) is 0 Å². The van der Waals surface area contributed by atoms with Crippen molar-refractivity contribution in [3.63, 3.8) is 0 Å². The Kier molecular flexibility index (Phi) is 4.59. The molecule has 8 heteroatoms. The van der Waals surface area contributed by atoms with Crippen LogP contribution < -0.4 is 10.5 Å². The zero-order valence-electron chi connectivity index (χ0n) is 11.5. The molecular formula is C12H18FN3O3S. The van der Waals surface area contributed by atoms with Crippen LogP contribution in [0.5, 0.6) is 0 Å². The summed E-state index contributed by atoms with van der Waals surface area (Å²) in [6, 6.07) is 3.48. The number of rotatable bonds is 4. The minimum atomic E-state index is -3.57. The molecule has 0 aliphatic heterocycles. The van der Waals surface area contributed by atoms with Crippen LogP contribution in [0.15, 0.2) is 23.4 Å². The van der Waals surface area contributed by atoms with Crippen molar-refractivity contribution in [3.8, 4) is 0 Å². The Morgan fingerprint density at radius 3 is 2.55 bits per heavy atom. The minimum Gasteiger partial charge on any atom is -0.409 e. The summed E-state index contributed by atoms with van der Waals surface area (Å²) < 4.78 is 39.7. The molecule has 0 radical (unpaired) electrons. The monoisotopic (exact) mass is 303 g/mol. The van der Waals surface area contributed by atoms with Crippen molar-refractivity contribution in [2.24, 2.45) is 16.3 Å². The Labute approximate surface area is 117 Å². The number of oxime groups is 1. The van der Waals surface area contributed by atoms with Gasteiger partial charge in [0, 0.05) is 5.69 Å². The first-order valence-corrected chi connectivity index (χ1v) is 7.47. The lowest BCUT2D eigenvalue weighted by Gasteiger charge is -2.19. The van der Waals surface area contributed by atoms with Crippen molar-refractivity contribution >= 4 is 21.5 Å². The van der Waals surface area contributed by atoms with E-state index in [4.69, 9.17) is 10.9 Å². The highest BCUT2D eigenvalue weighted by molar-refractivity contribution is 7.92. The summed E-state index contributed by atoms with van der Waals surface area (Å²) in [5.41, 5.74) is 4.87. The van der Waals surface area contributed by atoms with Crippen LogP contribution in [0.2, 0.25) is 0 Å². The quantitative estimate of drug-likeness (QED) is 0.341. The Morgan fingerprint density at radius 1 is 1.45 bits per heavy atom. The molecule has 6 nitrogen and oxygen atoms in total. The molecule has 0 aliphatic rings. The van der Waals surface area contributed by atoms with Gasteiger partial charge in [0.05, 0.1) is 11.3 Å². The number of hydrogen-bond donors (Lipinski definition) is 3. The lowest BCUT2D eigenvalue weighted by Crippen LogP contribution is -2.26. The Balaban J connectivity index is 3.06. The van der Waals surface area contributed by atoms with Gasteiger partial charge in [-0.05, 0) is 23.6 Å². The molecule has 0 fully saturated rings. The molecule has 0 saturated heterocycles. The molecule has 0 heterocycles. The van der Waals surface area contributed by atoms with Crippen LogP contribution in [0.4, 0.5) is 10.1 Å². The first kappa shape index (κ1) is 16.2. The van der Waals surface area contributed by atoms with E-state index in [1.165, 1.54) is 12.1 Å². The number of sulfonamides is 1. The first-order valence-electron chi connectivity index (χ1n) is 5.82. The molecule has 20 heavy (non-hydrogen) atoms. The van der Waals surface area contributed by atoms with E-state index in [2.05, 4.69) is 9.88 Å². The van der Waals surface area contributed by atoms with Gasteiger partial charge in [-0.3, -0.25) is 4.72 Å². The fraction of sp³-hybridized carbons (Fsp3) is 0.417. The van der Waals surface area contributed by atoms with Crippen molar-refractivity contribution < 1.29 is 18.0 Å². The van der Waals surface area contributed by atoms with Gasteiger partial charge in [0.2, 0.25) is 10.0 Å². The molecule has 1 aromatic rings. The minimum absolute atomic E-state index is 0.0870. The van der Waals surface area contributed by atoms with Gasteiger partial charge in [-0.15, -0.1) is 0 Å². The predicted molar refractivity (Wildman–Crippen MR) is 75.8 cm³/mol. The number of hydrogen-bond acceptors (Lipinski definition) is 4. The fourth-order valence-corrected chi connectivity index (χ4v) is 3.32. The fourth-order valence-electron chi connectivity index (χ4n) is 1.62. The summed E-state index contributed by atoms with van der Waals surface area (Å²) >= 11 is 0. The van der Waals surface area contributed by atoms with E-state index < -0.39 is 27.1 Å². The van der Waals surface area contributed by atoms with Crippen molar-refractivity contribution in [1.29, 1.82) is 0 Å². The molecule has 1 aromatic carbocycles. The zero-order chi connectivity index (χ0) is 15.6. The molecule has 0 unspecified atom stereocenters. The second-order valence-corrected chi connectivity index (χ2v) is 7.32. The van der Waals surface area contributed by atoms with E-state index >= 15 is 0 Å². The van der Waals surface area contributed by atoms with Crippen LogP contribution in [-0.4, -0.2) is 25.2 Å². The average molecular weight is 303 g/mol. The molecular weight excluding hydrogens is 285 g/mol. The smallest absolute Gasteiger partial charge is 0.233 e. The second kappa shape index (κ2) is 5.66. The zero-order valence-corrected chi connectivity index (χ0v) is 12.3. The third-order valence-corrected chi connectivity index (χ3v) is 4.04. The number of nitrogens with zero attached hydrogens (tertiary/aromatic N) is 1. The van der Waals surface area contributed by atoms with Crippen molar-refractivity contribution in [2.45, 2.75) is 20.8 Å². The summed E-state index contributed by atoms with van der Waals surface area (Å²) in [6.45, 7) is 5.37. The largest absolute Gasteiger partial charge is 0.409 e. The third-order valence-electron chi connectivity index (χ3n) is 2.25. The maximum absolute atomic E-state index is 13.5. The van der Waals surface area contributed by atoms with Gasteiger partial charge in [-0.25, -0.2) is 12.8 Å². The first-order chi connectivity index (χ1) is 9.04. The Morgan fingerprint density at radius 2 is 2.05 bits per heavy atom. The van der Waals surface area contributed by atoms with Crippen LogP contribution >= 0.6 is 0 Å². The summed E-state index contributed by atoms with van der Waals surface area (Å²) in [6.07, 6.45) is 0. The summed E-state index contributed by atoms with van der Waals surface area (Å²) in [4.78, 5) is 0. The molecule has 1 rings (SSSR count). The number of nitrogens with two attached hydrogens (primary N) is 1. The number of halogens is 1. The Hall–Kier alpha value is -1.83. The molecule has 0 aromatic heterocycles. The summed E-state index contributed by atoms with van der Waals surface area (Å²) in [5, 5.41) is 11.2. The molecule has 0 atom stereocenters. The lowest BCUT2D eigenvalue weighted by atomic mass is 10.0. The highest BCUT2D eigenvalue weighted by atomic mass is 32.2. The van der Waals surface area contributed by atoms with E-state index in [1.807, 2.05) is 0 Å². The van der Waals surface area contributed by atoms with Gasteiger partial charge in [-0.1, -0.05) is 25.9 Å². The normalized spacial score (nSPS) is 13.3. The molecule has 0 spiro atoms. The third kappa shape index (κ3) is 4.69. The molecule has 0 aliphatic carbocycles. The van der Waals surface area contributed by atoms with Gasteiger partial charge >= 0.3 is 0 Å². The number of anilines is 1. The molecule has 0 bridgehead atoms. The highest BCUT2D eigenvalue weighted by Crippen LogP contribution is 2.20. The van der Waals surface area contributed by atoms with Crippen LogP contribution in [0.25, 0.3) is 0 Å². The number of benzene rings is 1. The topological polar surface area (TPSA) is 105 Å². The SMILES string of the molecule is CC(C)(C)CS(=O)(=O)Nc1ccc(F)c(C(N)=NO)c1. The van der Waals surface area contributed by atoms with Crippen LogP contribution in [0, 0.1) is 11.2 Å². The van der Waals surface area contributed by atoms with E-state index in [0.717, 1.165) is 6.07 Å². The van der Waals surface area contributed by atoms with E-state index in [9.17, 15) is 12.8 Å². The van der Waals surface area contributed by atoms with Gasteiger partial charge in [0.15, 0.2) is 5.84 Å². The lowest BCUT2D eigenvalue weighted by molar-refractivity contribution is 0.318. The van der Waals surface area contributed by atoms with Gasteiger partial charge in [-0.2, -0.15) is 0 Å². The van der Waals surface area contributed by atoms with Crippen LogP contribution in [0.3, 0.4) is 0 Å².